The van der Waals surface area contributed by atoms with Crippen molar-refractivity contribution in [2.75, 3.05) is 6.54 Å². The molecule has 0 spiro atoms. The summed E-state index contributed by atoms with van der Waals surface area (Å²) in [6.45, 7) is 4.43. The van der Waals surface area contributed by atoms with Crippen LogP contribution in [0.2, 0.25) is 0 Å². The molecule has 0 saturated heterocycles. The number of carbonyl (C=O) groups excluding carboxylic acids is 1. The van der Waals surface area contributed by atoms with Crippen molar-refractivity contribution in [1.29, 1.82) is 0 Å². The maximum Gasteiger partial charge on any atom is 0.290 e. The summed E-state index contributed by atoms with van der Waals surface area (Å²) in [5.74, 6) is -0.0490. The Kier molecular flexibility index (Phi) is 3.27. The summed E-state index contributed by atoms with van der Waals surface area (Å²) in [5.41, 5.74) is 2.84. The highest BCUT2D eigenvalue weighted by Crippen LogP contribution is 2.37. The van der Waals surface area contributed by atoms with Gasteiger partial charge in [-0.2, -0.15) is 0 Å². The quantitative estimate of drug-likeness (QED) is 0.724. The lowest BCUT2D eigenvalue weighted by Crippen LogP contribution is -2.29. The van der Waals surface area contributed by atoms with Gasteiger partial charge in [-0.1, -0.05) is 42.0 Å². The zero-order valence-corrected chi connectivity index (χ0v) is 13.6. The van der Waals surface area contributed by atoms with Crippen LogP contribution >= 0.6 is 0 Å². The predicted molar refractivity (Wildman–Crippen MR) is 92.2 cm³/mol. The Balaban J connectivity index is 2.03. The van der Waals surface area contributed by atoms with E-state index in [1.165, 1.54) is 0 Å². The Hall–Kier alpha value is -2.88. The van der Waals surface area contributed by atoms with Crippen LogP contribution in [0.4, 0.5) is 0 Å². The van der Waals surface area contributed by atoms with E-state index >= 15 is 0 Å². The van der Waals surface area contributed by atoms with Gasteiger partial charge in [0.15, 0.2) is 5.43 Å². The molecule has 1 aromatic heterocycles. The molecule has 0 bridgehead atoms. The van der Waals surface area contributed by atoms with E-state index in [1.807, 2.05) is 38.1 Å². The van der Waals surface area contributed by atoms with Crippen molar-refractivity contribution in [3.63, 3.8) is 0 Å². The highest BCUT2D eigenvalue weighted by atomic mass is 16.3. The molecule has 1 aliphatic heterocycles. The number of aryl methyl sites for hydroxylation is 1. The van der Waals surface area contributed by atoms with Crippen LogP contribution in [0.5, 0.6) is 0 Å². The van der Waals surface area contributed by atoms with Crippen LogP contribution in [-0.2, 0) is 0 Å². The minimum absolute atomic E-state index is 0.123. The summed E-state index contributed by atoms with van der Waals surface area (Å²) in [6, 6.07) is 14.6. The zero-order valence-electron chi connectivity index (χ0n) is 13.6. The predicted octanol–water partition coefficient (Wildman–Crippen LogP) is 3.67. The Bertz CT molecular complexity index is 1000. The average Bonchev–Trinajstić information content (AvgIpc) is 2.88. The van der Waals surface area contributed by atoms with Crippen LogP contribution in [0.1, 0.15) is 40.2 Å². The second kappa shape index (κ2) is 5.34. The summed E-state index contributed by atoms with van der Waals surface area (Å²) >= 11 is 0. The van der Waals surface area contributed by atoms with Gasteiger partial charge in [-0.15, -0.1) is 0 Å². The van der Waals surface area contributed by atoms with Crippen molar-refractivity contribution >= 4 is 16.9 Å². The van der Waals surface area contributed by atoms with Crippen LogP contribution in [0.15, 0.2) is 57.7 Å². The fraction of sp³-hybridized carbons (Fsp3) is 0.200. The van der Waals surface area contributed by atoms with E-state index in [1.54, 1.807) is 29.2 Å². The molecule has 3 aromatic rings. The first-order valence-corrected chi connectivity index (χ1v) is 8.05. The van der Waals surface area contributed by atoms with Crippen LogP contribution in [0, 0.1) is 6.92 Å². The molecule has 0 N–H and O–H groups in total. The molecule has 4 heteroatoms. The largest absolute Gasteiger partial charge is 0.450 e. The third-order valence-corrected chi connectivity index (χ3v) is 4.61. The lowest BCUT2D eigenvalue weighted by Gasteiger charge is -2.23. The minimum Gasteiger partial charge on any atom is -0.450 e. The molecule has 120 valence electrons. The molecule has 0 saturated carbocycles. The molecule has 4 nitrogen and oxygen atoms in total. The highest BCUT2D eigenvalue weighted by Gasteiger charge is 2.41. The van der Waals surface area contributed by atoms with Crippen molar-refractivity contribution in [3.05, 3.63) is 81.2 Å². The number of hydrogen-bond acceptors (Lipinski definition) is 3. The summed E-state index contributed by atoms with van der Waals surface area (Å²) in [6.07, 6.45) is 0. The first-order chi connectivity index (χ1) is 11.6. The van der Waals surface area contributed by atoms with Gasteiger partial charge in [0.2, 0.25) is 5.76 Å². The fourth-order valence-electron chi connectivity index (χ4n) is 3.39. The molecule has 4 rings (SSSR count). The number of nitrogens with zero attached hydrogens (tertiary/aromatic N) is 1. The number of hydrogen-bond donors (Lipinski definition) is 0. The Morgan fingerprint density at radius 3 is 2.46 bits per heavy atom. The van der Waals surface area contributed by atoms with Crippen LogP contribution in [-0.4, -0.2) is 17.4 Å². The molecule has 1 amide bonds. The van der Waals surface area contributed by atoms with Gasteiger partial charge in [-0.3, -0.25) is 9.59 Å². The number of carbonyl (C=O) groups is 1. The van der Waals surface area contributed by atoms with Crippen LogP contribution in [0.25, 0.3) is 11.0 Å². The monoisotopic (exact) mass is 319 g/mol. The normalized spacial score (nSPS) is 16.7. The molecule has 2 aromatic carbocycles. The van der Waals surface area contributed by atoms with Crippen molar-refractivity contribution in [2.45, 2.75) is 19.9 Å². The third kappa shape index (κ3) is 1.99. The van der Waals surface area contributed by atoms with Gasteiger partial charge in [0.25, 0.3) is 5.91 Å². The SMILES string of the molecule is CCN1C(=O)c2oc3ccccc3c(=O)c2[C@@H]1c1ccc(C)cc1. The highest BCUT2D eigenvalue weighted by molar-refractivity contribution is 5.99. The number of benzene rings is 2. The van der Waals surface area contributed by atoms with Crippen molar-refractivity contribution < 1.29 is 9.21 Å². The minimum atomic E-state index is -0.390. The standard InChI is InChI=1S/C20H17NO3/c1-3-21-17(13-10-8-12(2)9-11-13)16-18(22)14-6-4-5-7-15(14)24-19(16)20(21)23/h4-11,17H,3H2,1-2H3/t17-/m0/s1. The number of amides is 1. The number of fused-ring (bicyclic) bond motifs is 2. The van der Waals surface area contributed by atoms with Gasteiger partial charge < -0.3 is 9.32 Å². The molecular weight excluding hydrogens is 302 g/mol. The Morgan fingerprint density at radius 2 is 1.75 bits per heavy atom. The molecule has 0 radical (unpaired) electrons. The van der Waals surface area contributed by atoms with Crippen molar-refractivity contribution in [3.8, 4) is 0 Å². The third-order valence-electron chi connectivity index (χ3n) is 4.61. The molecular formula is C20H17NO3. The maximum atomic E-state index is 13.0. The smallest absolute Gasteiger partial charge is 0.290 e. The van der Waals surface area contributed by atoms with E-state index in [9.17, 15) is 9.59 Å². The zero-order chi connectivity index (χ0) is 16.8. The summed E-state index contributed by atoms with van der Waals surface area (Å²) in [4.78, 5) is 27.5. The fourth-order valence-corrected chi connectivity index (χ4v) is 3.39. The van der Waals surface area contributed by atoms with E-state index in [4.69, 9.17) is 4.42 Å². The lowest BCUT2D eigenvalue weighted by molar-refractivity contribution is 0.0738. The van der Waals surface area contributed by atoms with Crippen LogP contribution < -0.4 is 5.43 Å². The van der Waals surface area contributed by atoms with Gasteiger partial charge in [0.1, 0.15) is 5.58 Å². The molecule has 0 aliphatic carbocycles. The molecule has 0 unspecified atom stereocenters. The van der Waals surface area contributed by atoms with Crippen LogP contribution in [0.3, 0.4) is 0 Å². The van der Waals surface area contributed by atoms with Gasteiger partial charge in [0.05, 0.1) is 17.0 Å². The number of para-hydroxylation sites is 1. The first kappa shape index (κ1) is 14.7. The average molecular weight is 319 g/mol. The van der Waals surface area contributed by atoms with Gasteiger partial charge >= 0.3 is 0 Å². The molecule has 2 heterocycles. The maximum absolute atomic E-state index is 13.0. The molecule has 0 fully saturated rings. The summed E-state index contributed by atoms with van der Waals surface area (Å²) in [5, 5.41) is 0.513. The second-order valence-electron chi connectivity index (χ2n) is 6.07. The van der Waals surface area contributed by atoms with Gasteiger partial charge in [-0.05, 0) is 31.5 Å². The van der Waals surface area contributed by atoms with Gasteiger partial charge in [-0.25, -0.2) is 0 Å². The molecule has 1 aliphatic rings. The summed E-state index contributed by atoms with van der Waals surface area (Å²) in [7, 11) is 0. The number of rotatable bonds is 2. The van der Waals surface area contributed by atoms with E-state index in [0.717, 1.165) is 11.1 Å². The van der Waals surface area contributed by atoms with Gasteiger partial charge in [0, 0.05) is 6.54 Å². The van der Waals surface area contributed by atoms with E-state index in [-0.39, 0.29) is 23.1 Å². The topological polar surface area (TPSA) is 50.5 Å². The molecule has 1 atom stereocenters. The van der Waals surface area contributed by atoms with Crippen molar-refractivity contribution in [2.24, 2.45) is 0 Å². The summed E-state index contributed by atoms with van der Waals surface area (Å²) < 4.78 is 5.81. The molecule has 24 heavy (non-hydrogen) atoms. The van der Waals surface area contributed by atoms with E-state index < -0.39 is 0 Å². The Morgan fingerprint density at radius 1 is 1.04 bits per heavy atom. The van der Waals surface area contributed by atoms with E-state index in [0.29, 0.717) is 23.1 Å². The Labute approximate surface area is 139 Å². The first-order valence-electron chi connectivity index (χ1n) is 8.05. The van der Waals surface area contributed by atoms with Crippen molar-refractivity contribution in [1.82, 2.24) is 4.90 Å². The second-order valence-corrected chi connectivity index (χ2v) is 6.07. The van der Waals surface area contributed by atoms with E-state index in [2.05, 4.69) is 0 Å². The lowest BCUT2D eigenvalue weighted by atomic mass is 9.98.